The number of nitrogens with one attached hydrogen (secondary N) is 2. The van der Waals surface area contributed by atoms with Crippen LogP contribution < -0.4 is 5.32 Å². The lowest BCUT2D eigenvalue weighted by Crippen LogP contribution is -2.34. The van der Waals surface area contributed by atoms with Gasteiger partial charge in [-0.15, -0.1) is 0 Å². The second-order valence-electron chi connectivity index (χ2n) is 4.44. The third-order valence-corrected chi connectivity index (χ3v) is 3.18. The van der Waals surface area contributed by atoms with Gasteiger partial charge in [-0.2, -0.15) is 0 Å². The molecule has 1 aromatic heterocycles. The van der Waals surface area contributed by atoms with E-state index in [1.54, 1.807) is 24.4 Å². The molecule has 0 radical (unpaired) electrons. The van der Waals surface area contributed by atoms with Gasteiger partial charge in [0, 0.05) is 16.7 Å². The highest BCUT2D eigenvalue weighted by molar-refractivity contribution is 9.10. The highest BCUT2D eigenvalue weighted by Crippen LogP contribution is 2.11. The molecule has 1 aromatic carbocycles. The molecule has 1 heterocycles. The number of hydrogen-bond acceptors (Lipinski definition) is 1. The minimum atomic E-state index is -0.253. The Hall–Kier alpha value is -1.62. The number of rotatable bonds is 4. The molecule has 2 rings (SSSR count). The highest BCUT2D eigenvalue weighted by atomic mass is 79.9. The number of aromatic nitrogens is 1. The first-order valence-corrected chi connectivity index (χ1v) is 6.73. The maximum atomic E-state index is 12.8. The van der Waals surface area contributed by atoms with Gasteiger partial charge < -0.3 is 10.3 Å². The zero-order valence-corrected chi connectivity index (χ0v) is 12.0. The third kappa shape index (κ3) is 3.92. The minimum absolute atomic E-state index is 0.0277. The summed E-state index contributed by atoms with van der Waals surface area (Å²) in [7, 11) is 0. The van der Waals surface area contributed by atoms with E-state index in [1.165, 1.54) is 12.1 Å². The Morgan fingerprint density at radius 3 is 2.68 bits per heavy atom. The first-order chi connectivity index (χ1) is 9.04. The Morgan fingerprint density at radius 2 is 2.11 bits per heavy atom. The molecular weight excluding hydrogens is 311 g/mol. The van der Waals surface area contributed by atoms with E-state index in [2.05, 4.69) is 26.2 Å². The van der Waals surface area contributed by atoms with Crippen molar-refractivity contribution in [1.29, 1.82) is 0 Å². The van der Waals surface area contributed by atoms with E-state index in [0.717, 1.165) is 10.0 Å². The summed E-state index contributed by atoms with van der Waals surface area (Å²) in [5.41, 5.74) is 1.50. The molecule has 1 amide bonds. The fourth-order valence-electron chi connectivity index (χ4n) is 1.83. The van der Waals surface area contributed by atoms with Gasteiger partial charge in [-0.3, -0.25) is 4.79 Å². The SMILES string of the molecule is CC(Cc1ccc(F)cc1)NC(=O)c1cc(Br)c[nH]1. The molecule has 0 saturated carbocycles. The van der Waals surface area contributed by atoms with Crippen LogP contribution in [0, 0.1) is 5.82 Å². The predicted molar refractivity (Wildman–Crippen MR) is 75.5 cm³/mol. The number of halogens is 2. The van der Waals surface area contributed by atoms with Gasteiger partial charge in [0.15, 0.2) is 0 Å². The number of carbonyl (C=O) groups is 1. The number of carbonyl (C=O) groups excluding carboxylic acids is 1. The Labute approximate surface area is 119 Å². The fraction of sp³-hybridized carbons (Fsp3) is 0.214. The molecule has 0 fully saturated rings. The molecule has 1 atom stereocenters. The van der Waals surface area contributed by atoms with E-state index in [9.17, 15) is 9.18 Å². The number of benzene rings is 1. The lowest BCUT2D eigenvalue weighted by Gasteiger charge is -2.13. The van der Waals surface area contributed by atoms with Crippen LogP contribution in [0.1, 0.15) is 23.0 Å². The van der Waals surface area contributed by atoms with E-state index >= 15 is 0 Å². The van der Waals surface area contributed by atoms with Crippen molar-refractivity contribution in [2.24, 2.45) is 0 Å². The third-order valence-electron chi connectivity index (χ3n) is 2.73. The minimum Gasteiger partial charge on any atom is -0.356 e. The van der Waals surface area contributed by atoms with Crippen LogP contribution in [0.25, 0.3) is 0 Å². The van der Waals surface area contributed by atoms with Crippen LogP contribution in [0.15, 0.2) is 41.0 Å². The van der Waals surface area contributed by atoms with Crippen molar-refractivity contribution < 1.29 is 9.18 Å². The molecule has 0 bridgehead atoms. The normalized spacial score (nSPS) is 12.2. The van der Waals surface area contributed by atoms with Crippen molar-refractivity contribution in [3.05, 3.63) is 58.1 Å². The molecular formula is C14H14BrFN2O. The van der Waals surface area contributed by atoms with Crippen LogP contribution in [0.5, 0.6) is 0 Å². The van der Waals surface area contributed by atoms with Crippen molar-refractivity contribution in [3.63, 3.8) is 0 Å². The van der Waals surface area contributed by atoms with Crippen LogP contribution in [-0.2, 0) is 6.42 Å². The van der Waals surface area contributed by atoms with E-state index in [4.69, 9.17) is 0 Å². The molecule has 19 heavy (non-hydrogen) atoms. The second-order valence-corrected chi connectivity index (χ2v) is 5.35. The van der Waals surface area contributed by atoms with Gasteiger partial charge in [-0.25, -0.2) is 4.39 Å². The summed E-state index contributed by atoms with van der Waals surface area (Å²) in [4.78, 5) is 14.8. The van der Waals surface area contributed by atoms with E-state index in [-0.39, 0.29) is 17.8 Å². The molecule has 0 aliphatic heterocycles. The van der Waals surface area contributed by atoms with Crippen molar-refractivity contribution >= 4 is 21.8 Å². The Bertz CT molecular complexity index is 565. The van der Waals surface area contributed by atoms with Crippen molar-refractivity contribution in [2.45, 2.75) is 19.4 Å². The summed E-state index contributed by atoms with van der Waals surface area (Å²) in [5, 5.41) is 2.89. The Balaban J connectivity index is 1.92. The van der Waals surface area contributed by atoms with Crippen molar-refractivity contribution in [2.75, 3.05) is 0 Å². The fourth-order valence-corrected chi connectivity index (χ4v) is 2.17. The predicted octanol–water partition coefficient (Wildman–Crippen LogP) is 3.28. The summed E-state index contributed by atoms with van der Waals surface area (Å²) in [6, 6.07) is 7.99. The van der Waals surface area contributed by atoms with Gasteiger partial charge in [0.05, 0.1) is 0 Å². The van der Waals surface area contributed by atoms with Crippen molar-refractivity contribution in [3.8, 4) is 0 Å². The quantitative estimate of drug-likeness (QED) is 0.890. The van der Waals surface area contributed by atoms with Crippen LogP contribution in [0.2, 0.25) is 0 Å². The Morgan fingerprint density at radius 1 is 1.42 bits per heavy atom. The zero-order chi connectivity index (χ0) is 13.8. The number of aromatic amines is 1. The van der Waals surface area contributed by atoms with Gasteiger partial charge >= 0.3 is 0 Å². The zero-order valence-electron chi connectivity index (χ0n) is 10.4. The van der Waals surface area contributed by atoms with Crippen LogP contribution in [0.3, 0.4) is 0 Å². The molecule has 2 aromatic rings. The standard InChI is InChI=1S/C14H14BrFN2O/c1-9(6-10-2-4-12(16)5-3-10)18-14(19)13-7-11(15)8-17-13/h2-5,7-9,17H,6H2,1H3,(H,18,19). The molecule has 100 valence electrons. The van der Waals surface area contributed by atoms with Crippen LogP contribution in [-0.4, -0.2) is 16.9 Å². The molecule has 1 unspecified atom stereocenters. The maximum absolute atomic E-state index is 12.8. The summed E-state index contributed by atoms with van der Waals surface area (Å²) in [6.45, 7) is 1.92. The average Bonchev–Trinajstić information content (AvgIpc) is 2.79. The monoisotopic (exact) mass is 324 g/mol. The molecule has 3 nitrogen and oxygen atoms in total. The summed E-state index contributed by atoms with van der Waals surface area (Å²) in [6.07, 6.45) is 2.37. The van der Waals surface area contributed by atoms with E-state index in [1.807, 2.05) is 6.92 Å². The topological polar surface area (TPSA) is 44.9 Å². The maximum Gasteiger partial charge on any atom is 0.267 e. The van der Waals surface area contributed by atoms with Gasteiger partial charge in [0.1, 0.15) is 11.5 Å². The summed E-state index contributed by atoms with van der Waals surface area (Å²) >= 11 is 3.28. The number of amides is 1. The molecule has 0 saturated heterocycles. The molecule has 2 N–H and O–H groups in total. The summed E-state index contributed by atoms with van der Waals surface area (Å²) < 4.78 is 13.6. The van der Waals surface area contributed by atoms with E-state index < -0.39 is 0 Å². The van der Waals surface area contributed by atoms with Gasteiger partial charge in [-0.1, -0.05) is 12.1 Å². The molecule has 0 aliphatic rings. The summed E-state index contributed by atoms with van der Waals surface area (Å²) in [5.74, 6) is -0.406. The largest absolute Gasteiger partial charge is 0.356 e. The van der Waals surface area contributed by atoms with Crippen LogP contribution in [0.4, 0.5) is 4.39 Å². The molecule has 0 aliphatic carbocycles. The van der Waals surface area contributed by atoms with Gasteiger partial charge in [-0.05, 0) is 53.0 Å². The van der Waals surface area contributed by atoms with Gasteiger partial charge in [0.25, 0.3) is 5.91 Å². The Kier molecular flexibility index (Phi) is 4.37. The first-order valence-electron chi connectivity index (χ1n) is 5.94. The van der Waals surface area contributed by atoms with Crippen LogP contribution >= 0.6 is 15.9 Å². The van der Waals surface area contributed by atoms with Gasteiger partial charge in [0.2, 0.25) is 0 Å². The molecule has 5 heteroatoms. The smallest absolute Gasteiger partial charge is 0.267 e. The lowest BCUT2D eigenvalue weighted by molar-refractivity contribution is 0.0935. The average molecular weight is 325 g/mol. The number of H-pyrrole nitrogens is 1. The second kappa shape index (κ2) is 6.02. The number of hydrogen-bond donors (Lipinski definition) is 2. The molecule has 0 spiro atoms. The van der Waals surface area contributed by atoms with E-state index in [0.29, 0.717) is 12.1 Å². The highest BCUT2D eigenvalue weighted by Gasteiger charge is 2.11. The first kappa shape index (κ1) is 13.8. The van der Waals surface area contributed by atoms with Crippen molar-refractivity contribution in [1.82, 2.24) is 10.3 Å². The lowest BCUT2D eigenvalue weighted by atomic mass is 10.1.